The summed E-state index contributed by atoms with van der Waals surface area (Å²) in [7, 11) is 1.37. The van der Waals surface area contributed by atoms with Gasteiger partial charge in [0.25, 0.3) is 5.91 Å². The van der Waals surface area contributed by atoms with Gasteiger partial charge in [-0.1, -0.05) is 67.1 Å². The lowest BCUT2D eigenvalue weighted by Gasteiger charge is -2.29. The Morgan fingerprint density at radius 2 is 1.77 bits per heavy atom. The molecule has 1 aliphatic heterocycles. The highest BCUT2D eigenvalue weighted by atomic mass is 32.1. The number of esters is 1. The predicted molar refractivity (Wildman–Crippen MR) is 179 cm³/mol. The van der Waals surface area contributed by atoms with E-state index < -0.39 is 5.97 Å². The Labute approximate surface area is 265 Å². The zero-order chi connectivity index (χ0) is 31.1. The summed E-state index contributed by atoms with van der Waals surface area (Å²) in [4.78, 5) is 38.3. The smallest absolute Gasteiger partial charge is 0.357 e. The van der Waals surface area contributed by atoms with Crippen molar-refractivity contribution in [1.29, 1.82) is 0 Å². The maximum absolute atomic E-state index is 13.4. The molecule has 1 amide bonds. The van der Waals surface area contributed by atoms with Gasteiger partial charge >= 0.3 is 5.97 Å². The first-order chi connectivity index (χ1) is 21.5. The van der Waals surface area contributed by atoms with Gasteiger partial charge in [0, 0.05) is 23.5 Å². The minimum atomic E-state index is -0.444. The number of fused-ring (bicyclic) bond motifs is 2. The number of para-hydroxylation sites is 1. The van der Waals surface area contributed by atoms with E-state index in [1.807, 2.05) is 81.4 Å². The molecular formula is C34H36N4O4S2. The summed E-state index contributed by atoms with van der Waals surface area (Å²) in [6.45, 7) is 7.82. The highest BCUT2D eigenvalue weighted by Gasteiger charge is 2.27. The fourth-order valence-corrected chi connectivity index (χ4v) is 6.98. The predicted octanol–water partition coefficient (Wildman–Crippen LogP) is 7.70. The molecule has 6 rings (SSSR count). The van der Waals surface area contributed by atoms with E-state index in [2.05, 4.69) is 21.3 Å². The number of ether oxygens (including phenoxy) is 2. The molecule has 10 heteroatoms. The molecule has 0 bridgehead atoms. The highest BCUT2D eigenvalue weighted by molar-refractivity contribution is 7.22. The topological polar surface area (TPSA) is 93.7 Å². The summed E-state index contributed by atoms with van der Waals surface area (Å²) in [5, 5.41) is 4.32. The molecule has 5 aromatic rings. The van der Waals surface area contributed by atoms with E-state index >= 15 is 0 Å². The van der Waals surface area contributed by atoms with Crippen molar-refractivity contribution in [3.05, 3.63) is 99.6 Å². The van der Waals surface area contributed by atoms with Crippen molar-refractivity contribution in [3.63, 3.8) is 0 Å². The van der Waals surface area contributed by atoms with Crippen LogP contribution in [-0.4, -0.2) is 42.1 Å². The van der Waals surface area contributed by atoms with Gasteiger partial charge in [0.1, 0.15) is 5.75 Å². The largest absolute Gasteiger partial charge is 0.494 e. The molecule has 8 nitrogen and oxygen atoms in total. The summed E-state index contributed by atoms with van der Waals surface area (Å²) in [6.07, 6.45) is 2.15. The molecule has 0 saturated heterocycles. The van der Waals surface area contributed by atoms with E-state index in [0.29, 0.717) is 36.0 Å². The van der Waals surface area contributed by atoms with E-state index in [9.17, 15) is 9.59 Å². The zero-order valence-corrected chi connectivity index (χ0v) is 27.0. The van der Waals surface area contributed by atoms with Gasteiger partial charge in [-0.05, 0) is 67.6 Å². The van der Waals surface area contributed by atoms with Crippen LogP contribution in [0.2, 0.25) is 0 Å². The van der Waals surface area contributed by atoms with Crippen LogP contribution in [0.3, 0.4) is 0 Å². The van der Waals surface area contributed by atoms with Crippen LogP contribution in [0, 0.1) is 6.92 Å². The van der Waals surface area contributed by atoms with Crippen LogP contribution in [0.4, 0.5) is 10.3 Å². The van der Waals surface area contributed by atoms with Crippen molar-refractivity contribution >= 4 is 55.0 Å². The van der Waals surface area contributed by atoms with Crippen molar-refractivity contribution in [2.45, 2.75) is 46.6 Å². The Balaban J connectivity index is 0.00000188. The van der Waals surface area contributed by atoms with E-state index in [1.165, 1.54) is 35.3 Å². The van der Waals surface area contributed by atoms with Crippen LogP contribution in [0.25, 0.3) is 10.2 Å². The maximum atomic E-state index is 13.4. The van der Waals surface area contributed by atoms with E-state index in [0.717, 1.165) is 56.5 Å². The molecule has 0 aliphatic carbocycles. The molecular weight excluding hydrogens is 593 g/mol. The molecule has 0 atom stereocenters. The molecule has 3 heterocycles. The van der Waals surface area contributed by atoms with Crippen LogP contribution in [0.15, 0.2) is 66.7 Å². The van der Waals surface area contributed by atoms with Crippen LogP contribution in [-0.2, 0) is 24.1 Å². The van der Waals surface area contributed by atoms with E-state index in [4.69, 9.17) is 14.5 Å². The molecule has 3 aromatic carbocycles. The number of nitrogens with zero attached hydrogens (tertiary/aromatic N) is 3. The number of nitrogens with one attached hydrogen (secondary N) is 1. The lowest BCUT2D eigenvalue weighted by molar-refractivity contribution is 0.0593. The number of hydrogen-bond acceptors (Lipinski definition) is 9. The highest BCUT2D eigenvalue weighted by Crippen LogP contribution is 2.33. The van der Waals surface area contributed by atoms with Gasteiger partial charge in [-0.3, -0.25) is 10.1 Å². The number of benzene rings is 3. The molecule has 0 fully saturated rings. The van der Waals surface area contributed by atoms with Gasteiger partial charge < -0.3 is 14.4 Å². The standard InChI is InChI=1S/C32H30N4O4S2.C2H6/c1-20-12-14-22(15-13-20)40-18-6-11-27-28(30(38)39-2)34-32(42-27)36-17-16-21-7-5-8-23(24(21)19-36)29(37)35-31-33-25-9-3-4-10-26(25)41-31;1-2/h3-5,7-10,12-15H,6,11,16-19H2,1-2H3,(H,33,35,37);1-2H3. The first-order valence-electron chi connectivity index (χ1n) is 14.8. The number of methoxy groups -OCH3 is 1. The summed E-state index contributed by atoms with van der Waals surface area (Å²) in [5.41, 5.74) is 5.12. The van der Waals surface area contributed by atoms with Gasteiger partial charge in [0.2, 0.25) is 0 Å². The summed E-state index contributed by atoms with van der Waals surface area (Å²) >= 11 is 2.96. The van der Waals surface area contributed by atoms with Crippen LogP contribution in [0.5, 0.6) is 5.75 Å². The fraction of sp³-hybridized carbons (Fsp3) is 0.294. The minimum absolute atomic E-state index is 0.184. The molecule has 0 saturated carbocycles. The Hall–Kier alpha value is -4.28. The van der Waals surface area contributed by atoms with Crippen molar-refractivity contribution in [1.82, 2.24) is 9.97 Å². The van der Waals surface area contributed by atoms with Crippen LogP contribution < -0.4 is 15.0 Å². The Morgan fingerprint density at radius 1 is 0.977 bits per heavy atom. The maximum Gasteiger partial charge on any atom is 0.357 e. The summed E-state index contributed by atoms with van der Waals surface area (Å²) < 4.78 is 12.0. The average Bonchev–Trinajstić information content (AvgIpc) is 3.68. The molecule has 0 spiro atoms. The lowest BCUT2D eigenvalue weighted by Crippen LogP contribution is -2.32. The van der Waals surface area contributed by atoms with Crippen molar-refractivity contribution in [2.24, 2.45) is 0 Å². The summed E-state index contributed by atoms with van der Waals surface area (Å²) in [6, 6.07) is 21.6. The third-order valence-corrected chi connectivity index (χ3v) is 9.33. The SMILES string of the molecule is CC.COC(=O)c1nc(N2CCc3cccc(C(=O)Nc4nc5ccccc5s4)c3C2)sc1CCCOc1ccc(C)cc1. The van der Waals surface area contributed by atoms with Crippen molar-refractivity contribution < 1.29 is 19.1 Å². The van der Waals surface area contributed by atoms with Gasteiger partial charge in [0.05, 0.1) is 23.9 Å². The molecule has 228 valence electrons. The Kier molecular flexibility index (Phi) is 10.2. The second kappa shape index (κ2) is 14.5. The number of carbonyl (C=O) groups is 2. The normalized spacial score (nSPS) is 12.2. The minimum Gasteiger partial charge on any atom is -0.494 e. The molecule has 0 unspecified atom stereocenters. The fourth-order valence-electron chi connectivity index (χ4n) is 5.00. The monoisotopic (exact) mass is 628 g/mol. The first-order valence-corrected chi connectivity index (χ1v) is 16.4. The number of rotatable bonds is 9. The first kappa shape index (κ1) is 31.2. The van der Waals surface area contributed by atoms with Gasteiger partial charge in [-0.2, -0.15) is 0 Å². The Morgan fingerprint density at radius 3 is 2.55 bits per heavy atom. The number of anilines is 2. The van der Waals surface area contributed by atoms with Crippen LogP contribution in [0.1, 0.15) is 62.7 Å². The lowest BCUT2D eigenvalue weighted by atomic mass is 9.94. The third-order valence-electron chi connectivity index (χ3n) is 7.21. The third kappa shape index (κ3) is 7.09. The average molecular weight is 629 g/mol. The number of thiazole rings is 2. The van der Waals surface area contributed by atoms with Crippen LogP contribution >= 0.6 is 22.7 Å². The second-order valence-electron chi connectivity index (χ2n) is 10.1. The number of aryl methyl sites for hydroxylation is 2. The second-order valence-corrected chi connectivity index (χ2v) is 12.2. The number of aromatic nitrogens is 2. The van der Waals surface area contributed by atoms with Crippen molar-refractivity contribution in [2.75, 3.05) is 30.5 Å². The number of amides is 1. The van der Waals surface area contributed by atoms with Crippen molar-refractivity contribution in [3.8, 4) is 5.75 Å². The number of hydrogen-bond donors (Lipinski definition) is 1. The Bertz CT molecular complexity index is 1710. The van der Waals surface area contributed by atoms with E-state index in [-0.39, 0.29) is 5.91 Å². The van der Waals surface area contributed by atoms with Gasteiger partial charge in [-0.25, -0.2) is 14.8 Å². The molecule has 0 radical (unpaired) electrons. The van der Waals surface area contributed by atoms with E-state index in [1.54, 1.807) is 0 Å². The van der Waals surface area contributed by atoms with Gasteiger partial charge in [0.15, 0.2) is 16.0 Å². The molecule has 1 aliphatic rings. The van der Waals surface area contributed by atoms with Gasteiger partial charge in [-0.15, -0.1) is 11.3 Å². The summed E-state index contributed by atoms with van der Waals surface area (Å²) in [5.74, 6) is 0.199. The molecule has 2 aromatic heterocycles. The molecule has 1 N–H and O–H groups in total. The molecule has 44 heavy (non-hydrogen) atoms. The number of carbonyl (C=O) groups excluding carboxylic acids is 2. The quantitative estimate of drug-likeness (QED) is 0.132. The zero-order valence-electron chi connectivity index (χ0n) is 25.4.